The van der Waals surface area contributed by atoms with Crippen LogP contribution in [-0.2, 0) is 11.0 Å². The number of alkyl halides is 3. The minimum absolute atomic E-state index is 0.424. The highest BCUT2D eigenvalue weighted by molar-refractivity contribution is 5.81. The molecule has 0 aliphatic heterocycles. The van der Waals surface area contributed by atoms with E-state index in [0.717, 1.165) is 12.1 Å². The van der Waals surface area contributed by atoms with Crippen molar-refractivity contribution in [2.75, 3.05) is 0 Å². The molecule has 0 aliphatic carbocycles. The van der Waals surface area contributed by atoms with E-state index < -0.39 is 35.5 Å². The predicted octanol–water partition coefficient (Wildman–Crippen LogP) is 2.50. The average molecular weight is 286 g/mol. The molecule has 1 aromatic rings. The van der Waals surface area contributed by atoms with Gasteiger partial charge < -0.3 is 10.1 Å². The highest BCUT2D eigenvalue weighted by Gasteiger charge is 2.34. The maximum atomic E-state index is 12.7. The van der Waals surface area contributed by atoms with Crippen LogP contribution in [0.5, 0.6) is 5.75 Å². The molecule has 0 spiro atoms. The van der Waals surface area contributed by atoms with E-state index in [1.54, 1.807) is 6.07 Å². The van der Waals surface area contributed by atoms with Gasteiger partial charge in [0.25, 0.3) is 5.91 Å². The Bertz CT molecular complexity index is 523. The zero-order valence-electron chi connectivity index (χ0n) is 10.9. The zero-order chi connectivity index (χ0) is 15.3. The molecule has 0 bridgehead atoms. The predicted molar refractivity (Wildman–Crippen MR) is 64.8 cm³/mol. The SMILES string of the molecule is C[C@H](C#N)NC(=O)[C@@H](C)Oc1ccccc1C(F)(F)F. The van der Waals surface area contributed by atoms with Gasteiger partial charge in [-0.05, 0) is 26.0 Å². The van der Waals surface area contributed by atoms with E-state index in [1.807, 2.05) is 0 Å². The van der Waals surface area contributed by atoms with E-state index in [9.17, 15) is 18.0 Å². The molecule has 0 saturated heterocycles. The van der Waals surface area contributed by atoms with Gasteiger partial charge in [0.2, 0.25) is 0 Å². The first kappa shape index (κ1) is 15.8. The summed E-state index contributed by atoms with van der Waals surface area (Å²) in [7, 11) is 0. The summed E-state index contributed by atoms with van der Waals surface area (Å²) in [6.07, 6.45) is -5.71. The molecule has 1 rings (SSSR count). The number of carbonyl (C=O) groups is 1. The van der Waals surface area contributed by atoms with Crippen LogP contribution in [0.3, 0.4) is 0 Å². The number of para-hydroxylation sites is 1. The Morgan fingerprint density at radius 3 is 2.50 bits per heavy atom. The van der Waals surface area contributed by atoms with E-state index in [2.05, 4.69) is 5.32 Å². The first-order valence-electron chi connectivity index (χ1n) is 5.78. The average Bonchev–Trinajstić information content (AvgIpc) is 2.37. The Hall–Kier alpha value is -2.23. The molecule has 20 heavy (non-hydrogen) atoms. The maximum absolute atomic E-state index is 12.7. The fourth-order valence-electron chi connectivity index (χ4n) is 1.41. The molecule has 0 unspecified atom stereocenters. The molecular formula is C13H13F3N2O2. The van der Waals surface area contributed by atoms with Gasteiger partial charge in [-0.25, -0.2) is 0 Å². The van der Waals surface area contributed by atoms with Crippen LogP contribution < -0.4 is 10.1 Å². The number of rotatable bonds is 4. The summed E-state index contributed by atoms with van der Waals surface area (Å²) in [5, 5.41) is 10.9. The molecule has 1 amide bonds. The quantitative estimate of drug-likeness (QED) is 0.925. The number of nitriles is 1. The van der Waals surface area contributed by atoms with Crippen molar-refractivity contribution in [3.8, 4) is 11.8 Å². The van der Waals surface area contributed by atoms with Crippen LogP contribution in [0.4, 0.5) is 13.2 Å². The molecular weight excluding hydrogens is 273 g/mol. The van der Waals surface area contributed by atoms with Crippen LogP contribution in [0.25, 0.3) is 0 Å². The fourth-order valence-corrected chi connectivity index (χ4v) is 1.41. The topological polar surface area (TPSA) is 62.1 Å². The monoisotopic (exact) mass is 286 g/mol. The van der Waals surface area contributed by atoms with Crippen LogP contribution in [0, 0.1) is 11.3 Å². The maximum Gasteiger partial charge on any atom is 0.419 e. The number of ether oxygens (including phenoxy) is 1. The third-order valence-corrected chi connectivity index (χ3v) is 2.42. The second-order valence-corrected chi connectivity index (χ2v) is 4.11. The number of nitrogens with one attached hydrogen (secondary N) is 1. The molecule has 0 aromatic heterocycles. The fraction of sp³-hybridized carbons (Fsp3) is 0.385. The van der Waals surface area contributed by atoms with Gasteiger partial charge in [0.15, 0.2) is 6.10 Å². The van der Waals surface area contributed by atoms with Gasteiger partial charge in [0, 0.05) is 0 Å². The molecule has 0 fully saturated rings. The Morgan fingerprint density at radius 2 is 1.95 bits per heavy atom. The first-order chi connectivity index (χ1) is 9.25. The lowest BCUT2D eigenvalue weighted by Gasteiger charge is -2.18. The third-order valence-electron chi connectivity index (χ3n) is 2.42. The lowest BCUT2D eigenvalue weighted by molar-refractivity contribution is -0.140. The van der Waals surface area contributed by atoms with Crippen molar-refractivity contribution < 1.29 is 22.7 Å². The minimum Gasteiger partial charge on any atom is -0.480 e. The van der Waals surface area contributed by atoms with E-state index in [1.165, 1.54) is 26.0 Å². The van der Waals surface area contributed by atoms with Gasteiger partial charge in [-0.1, -0.05) is 12.1 Å². The molecule has 1 aromatic carbocycles. The molecule has 1 N–H and O–H groups in total. The standard InChI is InChI=1S/C13H13F3N2O2/c1-8(7-17)18-12(19)9(2)20-11-6-4-3-5-10(11)13(14,15)16/h3-6,8-9H,1-2H3,(H,18,19)/t8-,9-/m1/s1. The molecule has 0 saturated carbocycles. The van der Waals surface area contributed by atoms with Gasteiger partial charge >= 0.3 is 6.18 Å². The Labute approximate surface area is 114 Å². The first-order valence-corrected chi connectivity index (χ1v) is 5.78. The number of hydrogen-bond acceptors (Lipinski definition) is 3. The van der Waals surface area contributed by atoms with Crippen molar-refractivity contribution >= 4 is 5.91 Å². The molecule has 4 nitrogen and oxygen atoms in total. The van der Waals surface area contributed by atoms with Crippen LogP contribution in [0.2, 0.25) is 0 Å². The number of carbonyl (C=O) groups excluding carboxylic acids is 1. The van der Waals surface area contributed by atoms with Crippen molar-refractivity contribution in [3.05, 3.63) is 29.8 Å². The summed E-state index contributed by atoms with van der Waals surface area (Å²) in [5.41, 5.74) is -0.951. The number of benzene rings is 1. The van der Waals surface area contributed by atoms with E-state index in [-0.39, 0.29) is 0 Å². The number of hydrogen-bond donors (Lipinski definition) is 1. The Balaban J connectivity index is 2.84. The van der Waals surface area contributed by atoms with Crippen molar-refractivity contribution in [1.82, 2.24) is 5.32 Å². The van der Waals surface area contributed by atoms with Gasteiger partial charge in [0.05, 0.1) is 11.6 Å². The Kier molecular flexibility index (Phi) is 4.97. The van der Waals surface area contributed by atoms with Crippen molar-refractivity contribution in [2.24, 2.45) is 0 Å². The number of amides is 1. The van der Waals surface area contributed by atoms with Crippen molar-refractivity contribution in [2.45, 2.75) is 32.2 Å². The largest absolute Gasteiger partial charge is 0.480 e. The smallest absolute Gasteiger partial charge is 0.419 e. The van der Waals surface area contributed by atoms with Crippen LogP contribution in [0.15, 0.2) is 24.3 Å². The lowest BCUT2D eigenvalue weighted by atomic mass is 10.2. The van der Waals surface area contributed by atoms with Crippen LogP contribution in [0.1, 0.15) is 19.4 Å². The van der Waals surface area contributed by atoms with Gasteiger partial charge in [0.1, 0.15) is 11.8 Å². The van der Waals surface area contributed by atoms with Crippen LogP contribution in [-0.4, -0.2) is 18.1 Å². The number of halogens is 3. The summed E-state index contributed by atoms with van der Waals surface area (Å²) in [4.78, 5) is 11.6. The van der Waals surface area contributed by atoms with Crippen molar-refractivity contribution in [1.29, 1.82) is 5.26 Å². The highest BCUT2D eigenvalue weighted by atomic mass is 19.4. The van der Waals surface area contributed by atoms with Gasteiger partial charge in [-0.15, -0.1) is 0 Å². The highest BCUT2D eigenvalue weighted by Crippen LogP contribution is 2.36. The Morgan fingerprint density at radius 1 is 1.35 bits per heavy atom. The summed E-state index contributed by atoms with van der Waals surface area (Å²) in [6.45, 7) is 2.76. The second-order valence-electron chi connectivity index (χ2n) is 4.11. The van der Waals surface area contributed by atoms with Gasteiger partial charge in [-0.3, -0.25) is 4.79 Å². The second kappa shape index (κ2) is 6.28. The minimum atomic E-state index is -4.56. The van der Waals surface area contributed by atoms with Crippen LogP contribution >= 0.6 is 0 Å². The van der Waals surface area contributed by atoms with E-state index >= 15 is 0 Å². The molecule has 0 aliphatic rings. The summed E-state index contributed by atoms with van der Waals surface area (Å²) >= 11 is 0. The summed E-state index contributed by atoms with van der Waals surface area (Å²) < 4.78 is 43.3. The molecule has 0 heterocycles. The van der Waals surface area contributed by atoms with E-state index in [4.69, 9.17) is 10.00 Å². The van der Waals surface area contributed by atoms with E-state index in [0.29, 0.717) is 0 Å². The summed E-state index contributed by atoms with van der Waals surface area (Å²) in [5.74, 6) is -1.08. The van der Waals surface area contributed by atoms with Crippen molar-refractivity contribution in [3.63, 3.8) is 0 Å². The number of nitrogens with zero attached hydrogens (tertiary/aromatic N) is 1. The van der Waals surface area contributed by atoms with Gasteiger partial charge in [-0.2, -0.15) is 18.4 Å². The molecule has 0 radical (unpaired) electrons. The third kappa shape index (κ3) is 4.16. The molecule has 2 atom stereocenters. The normalized spacial score (nSPS) is 14.0. The molecule has 108 valence electrons. The summed E-state index contributed by atoms with van der Waals surface area (Å²) in [6, 6.07) is 5.67. The zero-order valence-corrected chi connectivity index (χ0v) is 10.9. The molecule has 7 heteroatoms. The lowest BCUT2D eigenvalue weighted by Crippen LogP contribution is -2.40.